The number of aryl methyl sites for hydroxylation is 1. The Bertz CT molecular complexity index is 595. The Morgan fingerprint density at radius 3 is 2.84 bits per heavy atom. The molecule has 0 saturated carbocycles. The molecule has 0 bridgehead atoms. The highest BCUT2D eigenvalue weighted by atomic mass is 16.6. The number of aromatic nitrogens is 4. The Kier molecular flexibility index (Phi) is 3.69. The molecule has 2 aromatic rings. The number of nitro groups is 1. The Balaban J connectivity index is 2.44. The number of nitrogens with one attached hydrogen (secondary N) is 1. The van der Waals surface area contributed by atoms with Gasteiger partial charge in [-0.3, -0.25) is 14.8 Å². The fraction of sp³-hybridized carbons (Fsp3) is 0.364. The zero-order valence-corrected chi connectivity index (χ0v) is 10.7. The third-order valence-corrected chi connectivity index (χ3v) is 2.48. The van der Waals surface area contributed by atoms with E-state index in [0.29, 0.717) is 18.1 Å². The first-order valence-corrected chi connectivity index (χ1v) is 5.86. The lowest BCUT2D eigenvalue weighted by Gasteiger charge is -2.04. The molecule has 8 heteroatoms. The molecule has 0 fully saturated rings. The molecule has 0 aliphatic carbocycles. The highest BCUT2D eigenvalue weighted by Crippen LogP contribution is 2.27. The summed E-state index contributed by atoms with van der Waals surface area (Å²) in [6, 6.07) is 0. The van der Waals surface area contributed by atoms with Gasteiger partial charge in [-0.15, -0.1) is 0 Å². The number of rotatable bonds is 5. The first-order valence-electron chi connectivity index (χ1n) is 5.86. The zero-order valence-electron chi connectivity index (χ0n) is 10.7. The van der Waals surface area contributed by atoms with Crippen LogP contribution in [0.3, 0.4) is 0 Å². The maximum absolute atomic E-state index is 11.0. The Morgan fingerprint density at radius 2 is 2.26 bits per heavy atom. The summed E-state index contributed by atoms with van der Waals surface area (Å²) >= 11 is 0. The van der Waals surface area contributed by atoms with Crippen LogP contribution in [-0.2, 0) is 7.05 Å². The zero-order chi connectivity index (χ0) is 13.8. The molecule has 8 nitrogen and oxygen atoms in total. The average molecular weight is 262 g/mol. The van der Waals surface area contributed by atoms with E-state index in [-0.39, 0.29) is 11.4 Å². The summed E-state index contributed by atoms with van der Waals surface area (Å²) in [5, 5.41) is 18.0. The first kappa shape index (κ1) is 12.9. The van der Waals surface area contributed by atoms with Crippen molar-refractivity contribution in [2.45, 2.75) is 13.3 Å². The second kappa shape index (κ2) is 5.42. The molecule has 0 aliphatic rings. The van der Waals surface area contributed by atoms with Crippen LogP contribution >= 0.6 is 0 Å². The van der Waals surface area contributed by atoms with Crippen molar-refractivity contribution < 1.29 is 4.92 Å². The molecule has 0 aliphatic heterocycles. The fourth-order valence-electron chi connectivity index (χ4n) is 1.59. The van der Waals surface area contributed by atoms with Gasteiger partial charge in [0.2, 0.25) is 5.95 Å². The summed E-state index contributed by atoms with van der Waals surface area (Å²) in [4.78, 5) is 18.6. The standard InChI is InChI=1S/C11H14N6O2/c1-3-4-12-11-13-6-9(17(18)19)10(15-11)8-5-14-16(2)7-8/h5-7H,3-4H2,1-2H3,(H,12,13,15). The molecule has 0 unspecified atom stereocenters. The van der Waals surface area contributed by atoms with Gasteiger partial charge in [0, 0.05) is 25.4 Å². The van der Waals surface area contributed by atoms with Crippen LogP contribution in [0.2, 0.25) is 0 Å². The van der Waals surface area contributed by atoms with E-state index in [1.165, 1.54) is 6.20 Å². The van der Waals surface area contributed by atoms with Crippen molar-refractivity contribution in [1.29, 1.82) is 0 Å². The number of hydrogen-bond acceptors (Lipinski definition) is 6. The second-order valence-electron chi connectivity index (χ2n) is 4.01. The van der Waals surface area contributed by atoms with Crippen LogP contribution in [-0.4, -0.2) is 31.2 Å². The maximum atomic E-state index is 11.0. The van der Waals surface area contributed by atoms with Gasteiger partial charge in [0.1, 0.15) is 6.20 Å². The average Bonchev–Trinajstić information content (AvgIpc) is 2.82. The monoisotopic (exact) mass is 262 g/mol. The lowest BCUT2D eigenvalue weighted by atomic mass is 10.2. The smallest absolute Gasteiger partial charge is 0.313 e. The van der Waals surface area contributed by atoms with E-state index in [1.807, 2.05) is 6.92 Å². The van der Waals surface area contributed by atoms with Gasteiger partial charge in [-0.2, -0.15) is 5.10 Å². The van der Waals surface area contributed by atoms with Gasteiger partial charge in [0.25, 0.3) is 0 Å². The van der Waals surface area contributed by atoms with Crippen LogP contribution < -0.4 is 5.32 Å². The normalized spacial score (nSPS) is 10.4. The molecule has 0 spiro atoms. The minimum atomic E-state index is -0.494. The molecule has 100 valence electrons. The van der Waals surface area contributed by atoms with Crippen LogP contribution in [0.25, 0.3) is 11.3 Å². The van der Waals surface area contributed by atoms with Crippen LogP contribution in [0.5, 0.6) is 0 Å². The van der Waals surface area contributed by atoms with Crippen molar-refractivity contribution in [3.63, 3.8) is 0 Å². The predicted molar refractivity (Wildman–Crippen MR) is 69.7 cm³/mol. The molecule has 2 rings (SSSR count). The minimum absolute atomic E-state index is 0.130. The summed E-state index contributed by atoms with van der Waals surface area (Å²) in [7, 11) is 1.74. The number of nitrogens with zero attached hydrogens (tertiary/aromatic N) is 5. The molecule has 0 saturated heterocycles. The molecule has 0 amide bonds. The number of anilines is 1. The Morgan fingerprint density at radius 1 is 1.47 bits per heavy atom. The summed E-state index contributed by atoms with van der Waals surface area (Å²) in [6.45, 7) is 2.73. The van der Waals surface area contributed by atoms with Crippen molar-refractivity contribution in [2.24, 2.45) is 7.05 Å². The molecule has 2 heterocycles. The molecule has 2 aromatic heterocycles. The maximum Gasteiger partial charge on any atom is 0.313 e. The third kappa shape index (κ3) is 2.84. The Labute approximate surface area is 109 Å². The molecule has 19 heavy (non-hydrogen) atoms. The molecule has 0 radical (unpaired) electrons. The highest BCUT2D eigenvalue weighted by Gasteiger charge is 2.19. The van der Waals surface area contributed by atoms with Crippen molar-refractivity contribution in [3.8, 4) is 11.3 Å². The third-order valence-electron chi connectivity index (χ3n) is 2.48. The van der Waals surface area contributed by atoms with Gasteiger partial charge in [-0.1, -0.05) is 6.92 Å². The molecule has 1 N–H and O–H groups in total. The van der Waals surface area contributed by atoms with E-state index >= 15 is 0 Å². The lowest BCUT2D eigenvalue weighted by Crippen LogP contribution is -2.06. The predicted octanol–water partition coefficient (Wildman–Crippen LogP) is 1.61. The van der Waals surface area contributed by atoms with Gasteiger partial charge in [0.05, 0.1) is 11.1 Å². The van der Waals surface area contributed by atoms with Gasteiger partial charge < -0.3 is 5.32 Å². The Hall–Kier alpha value is -2.51. The van der Waals surface area contributed by atoms with Crippen LogP contribution in [0, 0.1) is 10.1 Å². The van der Waals surface area contributed by atoms with E-state index in [2.05, 4.69) is 20.4 Å². The quantitative estimate of drug-likeness (QED) is 0.649. The summed E-state index contributed by atoms with van der Waals surface area (Å²) < 4.78 is 1.57. The van der Waals surface area contributed by atoms with Gasteiger partial charge in [0.15, 0.2) is 5.69 Å². The van der Waals surface area contributed by atoms with E-state index in [0.717, 1.165) is 6.42 Å². The number of hydrogen-bond donors (Lipinski definition) is 1. The topological polar surface area (TPSA) is 98.8 Å². The first-order chi connectivity index (χ1) is 9.11. The summed E-state index contributed by atoms with van der Waals surface area (Å²) in [6.07, 6.45) is 5.35. The van der Waals surface area contributed by atoms with Crippen LogP contribution in [0.4, 0.5) is 11.6 Å². The van der Waals surface area contributed by atoms with Crippen LogP contribution in [0.1, 0.15) is 13.3 Å². The van der Waals surface area contributed by atoms with E-state index in [9.17, 15) is 10.1 Å². The van der Waals surface area contributed by atoms with Crippen molar-refractivity contribution in [2.75, 3.05) is 11.9 Å². The fourth-order valence-corrected chi connectivity index (χ4v) is 1.59. The SMILES string of the molecule is CCCNc1ncc([N+](=O)[O-])c(-c2cnn(C)c2)n1. The van der Waals surface area contributed by atoms with E-state index in [4.69, 9.17) is 0 Å². The van der Waals surface area contributed by atoms with E-state index < -0.39 is 4.92 Å². The van der Waals surface area contributed by atoms with Crippen molar-refractivity contribution in [1.82, 2.24) is 19.7 Å². The largest absolute Gasteiger partial charge is 0.354 e. The molecular weight excluding hydrogens is 248 g/mol. The summed E-state index contributed by atoms with van der Waals surface area (Å²) in [5.74, 6) is 0.381. The molecule has 0 aromatic carbocycles. The second-order valence-corrected chi connectivity index (χ2v) is 4.01. The lowest BCUT2D eigenvalue weighted by molar-refractivity contribution is -0.384. The van der Waals surface area contributed by atoms with Gasteiger partial charge in [-0.25, -0.2) is 9.97 Å². The van der Waals surface area contributed by atoms with Crippen molar-refractivity contribution >= 4 is 11.6 Å². The molecule has 0 atom stereocenters. The molecular formula is C11H14N6O2. The van der Waals surface area contributed by atoms with Crippen molar-refractivity contribution in [3.05, 3.63) is 28.7 Å². The van der Waals surface area contributed by atoms with Crippen LogP contribution in [0.15, 0.2) is 18.6 Å². The highest BCUT2D eigenvalue weighted by molar-refractivity contribution is 5.68. The summed E-state index contributed by atoms with van der Waals surface area (Å²) in [5.41, 5.74) is 0.734. The minimum Gasteiger partial charge on any atom is -0.354 e. The van der Waals surface area contributed by atoms with Gasteiger partial charge >= 0.3 is 5.69 Å². The van der Waals surface area contributed by atoms with E-state index in [1.54, 1.807) is 24.1 Å². The van der Waals surface area contributed by atoms with Gasteiger partial charge in [-0.05, 0) is 6.42 Å².